The number of nitrogens with zero attached hydrogens (tertiary/aromatic N) is 2. The van der Waals surface area contributed by atoms with E-state index in [0.29, 0.717) is 0 Å². The molecule has 2 nitrogen and oxygen atoms in total. The Labute approximate surface area is 338 Å². The van der Waals surface area contributed by atoms with E-state index in [0.717, 1.165) is 17.1 Å². The summed E-state index contributed by atoms with van der Waals surface area (Å²) in [5.74, 6) is 0. The Hall–Kier alpha value is -7.68. The van der Waals surface area contributed by atoms with Crippen molar-refractivity contribution in [1.82, 2.24) is 4.57 Å². The maximum absolute atomic E-state index is 2.41. The summed E-state index contributed by atoms with van der Waals surface area (Å²) in [6.07, 6.45) is 0. The highest BCUT2D eigenvalue weighted by molar-refractivity contribution is 6.15. The molecule has 272 valence electrons. The van der Waals surface area contributed by atoms with Gasteiger partial charge in [0.1, 0.15) is 0 Å². The number of rotatable bonds is 7. The fourth-order valence-corrected chi connectivity index (χ4v) is 8.75. The molecular weight excluding hydrogens is 701 g/mol. The Morgan fingerprint density at radius 3 is 1.47 bits per heavy atom. The second kappa shape index (κ2) is 14.1. The third kappa shape index (κ3) is 5.82. The van der Waals surface area contributed by atoms with Gasteiger partial charge in [-0.05, 0) is 110 Å². The lowest BCUT2D eigenvalue weighted by Gasteiger charge is -2.28. The van der Waals surface area contributed by atoms with E-state index in [-0.39, 0.29) is 0 Å². The molecule has 1 heterocycles. The first-order valence-electron chi connectivity index (χ1n) is 19.9. The molecule has 0 saturated carbocycles. The van der Waals surface area contributed by atoms with Crippen LogP contribution in [-0.4, -0.2) is 4.57 Å². The van der Waals surface area contributed by atoms with Crippen molar-refractivity contribution in [2.24, 2.45) is 0 Å². The lowest BCUT2D eigenvalue weighted by molar-refractivity contribution is 1.18. The van der Waals surface area contributed by atoms with Crippen LogP contribution < -0.4 is 4.90 Å². The lowest BCUT2D eigenvalue weighted by Crippen LogP contribution is -2.10. The summed E-state index contributed by atoms with van der Waals surface area (Å²) in [5, 5.41) is 7.44. The molecule has 0 unspecified atom stereocenters. The first-order chi connectivity index (χ1) is 28.8. The van der Waals surface area contributed by atoms with Crippen LogP contribution in [0.25, 0.3) is 82.4 Å². The van der Waals surface area contributed by atoms with E-state index in [1.165, 1.54) is 82.4 Å². The number of fused-ring (bicyclic) bond motifs is 6. The summed E-state index contributed by atoms with van der Waals surface area (Å²) < 4.78 is 2.37. The van der Waals surface area contributed by atoms with Gasteiger partial charge in [-0.2, -0.15) is 0 Å². The van der Waals surface area contributed by atoms with E-state index in [2.05, 4.69) is 240 Å². The van der Waals surface area contributed by atoms with Gasteiger partial charge in [0.15, 0.2) is 0 Å². The van der Waals surface area contributed by atoms with E-state index in [1.807, 2.05) is 0 Å². The van der Waals surface area contributed by atoms with E-state index in [9.17, 15) is 0 Å². The van der Waals surface area contributed by atoms with E-state index >= 15 is 0 Å². The third-order valence-electron chi connectivity index (χ3n) is 11.6. The molecule has 1 aromatic heterocycles. The second-order valence-electron chi connectivity index (χ2n) is 15.0. The van der Waals surface area contributed by atoms with Crippen LogP contribution in [0.2, 0.25) is 0 Å². The van der Waals surface area contributed by atoms with Crippen LogP contribution in [0.15, 0.2) is 231 Å². The van der Waals surface area contributed by atoms with Crippen LogP contribution in [0, 0.1) is 0 Å². The standard InChI is InChI=1S/C56H38N2/c1-3-12-39(13-4-1)40-22-24-41(25-23-40)42-28-33-48(34-29-42)57(55-21-11-15-45-27-26-44-14-7-8-18-50(44)56(45)55)49-35-30-43(31-36-49)46-32-37-54-52(38-46)51-19-9-10-20-53(51)58(54)47-16-5-2-6-17-47/h1-38H. The zero-order valence-electron chi connectivity index (χ0n) is 31.8. The molecule has 0 amide bonds. The largest absolute Gasteiger partial charge is 0.310 e. The normalized spacial score (nSPS) is 11.4. The molecule has 0 N–H and O–H groups in total. The minimum Gasteiger partial charge on any atom is -0.310 e. The van der Waals surface area contributed by atoms with Gasteiger partial charge in [0.05, 0.1) is 16.7 Å². The first-order valence-corrected chi connectivity index (χ1v) is 19.9. The summed E-state index contributed by atoms with van der Waals surface area (Å²) in [6, 6.07) is 83.6. The third-order valence-corrected chi connectivity index (χ3v) is 11.6. The Morgan fingerprint density at radius 2 is 0.776 bits per heavy atom. The predicted molar refractivity (Wildman–Crippen MR) is 247 cm³/mol. The average Bonchev–Trinajstić information content (AvgIpc) is 3.64. The monoisotopic (exact) mass is 738 g/mol. The van der Waals surface area contributed by atoms with Gasteiger partial charge in [-0.1, -0.05) is 170 Å². The van der Waals surface area contributed by atoms with Gasteiger partial charge in [0.25, 0.3) is 0 Å². The summed E-state index contributed by atoms with van der Waals surface area (Å²) in [5.41, 5.74) is 14.1. The number of anilines is 3. The van der Waals surface area contributed by atoms with Gasteiger partial charge in [0, 0.05) is 33.2 Å². The van der Waals surface area contributed by atoms with Crippen molar-refractivity contribution < 1.29 is 0 Å². The summed E-state index contributed by atoms with van der Waals surface area (Å²) >= 11 is 0. The van der Waals surface area contributed by atoms with Gasteiger partial charge in [-0.3, -0.25) is 0 Å². The number of hydrogen-bond acceptors (Lipinski definition) is 1. The quantitative estimate of drug-likeness (QED) is 0.148. The maximum atomic E-state index is 2.41. The molecule has 0 aliphatic heterocycles. The maximum Gasteiger partial charge on any atom is 0.0546 e. The van der Waals surface area contributed by atoms with Crippen molar-refractivity contribution in [3.8, 4) is 39.1 Å². The Kier molecular flexibility index (Phi) is 8.19. The molecule has 0 aliphatic rings. The van der Waals surface area contributed by atoms with Crippen LogP contribution in [0.3, 0.4) is 0 Å². The van der Waals surface area contributed by atoms with Crippen molar-refractivity contribution >= 4 is 60.4 Å². The van der Waals surface area contributed by atoms with Gasteiger partial charge < -0.3 is 9.47 Å². The molecule has 58 heavy (non-hydrogen) atoms. The summed E-state index contributed by atoms with van der Waals surface area (Å²) in [6.45, 7) is 0. The van der Waals surface area contributed by atoms with Crippen molar-refractivity contribution in [2.75, 3.05) is 4.90 Å². The Balaban J connectivity index is 1.01. The smallest absolute Gasteiger partial charge is 0.0546 e. The van der Waals surface area contributed by atoms with Crippen LogP contribution in [0.4, 0.5) is 17.1 Å². The fourth-order valence-electron chi connectivity index (χ4n) is 8.75. The fraction of sp³-hybridized carbons (Fsp3) is 0. The molecule has 11 aromatic rings. The second-order valence-corrected chi connectivity index (χ2v) is 15.0. The molecule has 0 spiro atoms. The van der Waals surface area contributed by atoms with E-state index < -0.39 is 0 Å². The molecule has 0 bridgehead atoms. The highest BCUT2D eigenvalue weighted by atomic mass is 15.1. The van der Waals surface area contributed by atoms with Gasteiger partial charge in [-0.15, -0.1) is 0 Å². The topological polar surface area (TPSA) is 8.17 Å². The molecule has 0 aliphatic carbocycles. The van der Waals surface area contributed by atoms with Crippen LogP contribution in [-0.2, 0) is 0 Å². The molecule has 2 heteroatoms. The highest BCUT2D eigenvalue weighted by Crippen LogP contribution is 2.43. The van der Waals surface area contributed by atoms with Crippen LogP contribution >= 0.6 is 0 Å². The molecule has 10 aromatic carbocycles. The molecular formula is C56H38N2. The molecule has 0 saturated heterocycles. The number of para-hydroxylation sites is 2. The minimum absolute atomic E-state index is 1.10. The van der Waals surface area contributed by atoms with E-state index in [4.69, 9.17) is 0 Å². The zero-order chi connectivity index (χ0) is 38.4. The van der Waals surface area contributed by atoms with Gasteiger partial charge in [-0.25, -0.2) is 0 Å². The van der Waals surface area contributed by atoms with E-state index in [1.54, 1.807) is 0 Å². The summed E-state index contributed by atoms with van der Waals surface area (Å²) in [7, 11) is 0. The van der Waals surface area contributed by atoms with Gasteiger partial charge >= 0.3 is 0 Å². The summed E-state index contributed by atoms with van der Waals surface area (Å²) in [4.78, 5) is 2.41. The molecule has 0 fully saturated rings. The first kappa shape index (κ1) is 33.6. The SMILES string of the molecule is c1ccc(-c2ccc(-c3ccc(N(c4ccc(-c5ccc6c(c5)c5ccccc5n6-c5ccccc5)cc4)c4cccc5ccc6ccccc6c45)cc3)cc2)cc1. The van der Waals surface area contributed by atoms with Crippen LogP contribution in [0.1, 0.15) is 0 Å². The number of aromatic nitrogens is 1. The minimum atomic E-state index is 1.10. The van der Waals surface area contributed by atoms with Crippen molar-refractivity contribution in [3.63, 3.8) is 0 Å². The van der Waals surface area contributed by atoms with Crippen LogP contribution in [0.5, 0.6) is 0 Å². The number of hydrogen-bond donors (Lipinski definition) is 0. The van der Waals surface area contributed by atoms with Crippen molar-refractivity contribution in [3.05, 3.63) is 231 Å². The zero-order valence-corrected chi connectivity index (χ0v) is 31.8. The van der Waals surface area contributed by atoms with Crippen molar-refractivity contribution in [2.45, 2.75) is 0 Å². The molecule has 0 radical (unpaired) electrons. The molecule has 11 rings (SSSR count). The van der Waals surface area contributed by atoms with Crippen molar-refractivity contribution in [1.29, 1.82) is 0 Å². The van der Waals surface area contributed by atoms with Gasteiger partial charge in [0.2, 0.25) is 0 Å². The molecule has 0 atom stereocenters. The average molecular weight is 739 g/mol. The Morgan fingerprint density at radius 1 is 0.293 bits per heavy atom. The predicted octanol–water partition coefficient (Wildman–Crippen LogP) is 15.6. The highest BCUT2D eigenvalue weighted by Gasteiger charge is 2.18. The number of benzene rings is 10. The lowest BCUT2D eigenvalue weighted by atomic mass is 9.98. The Bertz CT molecular complexity index is 3230.